The molecule has 3 rings (SSSR count). The maximum absolute atomic E-state index is 12.0. The number of carbonyl (C=O) groups excluding carboxylic acids is 1. The monoisotopic (exact) mass is 313 g/mol. The fraction of sp³-hybridized carbons (Fsp3) is 0.353. The predicted molar refractivity (Wildman–Crippen MR) is 85.8 cm³/mol. The Morgan fingerprint density at radius 3 is 2.65 bits per heavy atom. The highest BCUT2D eigenvalue weighted by atomic mass is 16.5. The lowest BCUT2D eigenvalue weighted by Gasteiger charge is -2.08. The summed E-state index contributed by atoms with van der Waals surface area (Å²) in [6.45, 7) is 0.715. The molecule has 0 radical (unpaired) electrons. The van der Waals surface area contributed by atoms with Crippen molar-refractivity contribution in [3.8, 4) is 5.75 Å². The number of methoxy groups -OCH3 is 1. The van der Waals surface area contributed by atoms with Crippen LogP contribution in [-0.4, -0.2) is 29.3 Å². The van der Waals surface area contributed by atoms with Crippen molar-refractivity contribution in [2.45, 2.75) is 25.3 Å². The van der Waals surface area contributed by atoms with Gasteiger partial charge >= 0.3 is 0 Å². The Hall–Kier alpha value is -2.63. The molecule has 120 valence electrons. The van der Waals surface area contributed by atoms with Gasteiger partial charge in [0.05, 0.1) is 19.3 Å². The largest absolute Gasteiger partial charge is 0.497 e. The summed E-state index contributed by atoms with van der Waals surface area (Å²) in [6.07, 6.45) is 2.28. The fourth-order valence-corrected chi connectivity index (χ4v) is 2.34. The minimum absolute atomic E-state index is 0.145. The van der Waals surface area contributed by atoms with Gasteiger partial charge in [0, 0.05) is 24.1 Å². The van der Waals surface area contributed by atoms with E-state index in [9.17, 15) is 9.59 Å². The number of nitrogens with zero attached hydrogens (tertiary/aromatic N) is 2. The number of hydrogen-bond donors (Lipinski definition) is 1. The van der Waals surface area contributed by atoms with Crippen LogP contribution in [0.15, 0.2) is 41.2 Å². The summed E-state index contributed by atoms with van der Waals surface area (Å²) < 4.78 is 6.48. The second-order valence-electron chi connectivity index (χ2n) is 5.58. The van der Waals surface area contributed by atoms with E-state index in [-0.39, 0.29) is 11.5 Å². The van der Waals surface area contributed by atoms with E-state index in [0.717, 1.165) is 18.5 Å². The summed E-state index contributed by atoms with van der Waals surface area (Å²) in [6, 6.07) is 10.2. The van der Waals surface area contributed by atoms with Crippen LogP contribution < -0.4 is 15.6 Å². The normalized spacial score (nSPS) is 13.6. The molecule has 1 heterocycles. The minimum atomic E-state index is -0.181. The van der Waals surface area contributed by atoms with Crippen LogP contribution in [0.2, 0.25) is 0 Å². The summed E-state index contributed by atoms with van der Waals surface area (Å²) in [4.78, 5) is 23.8. The van der Waals surface area contributed by atoms with Crippen molar-refractivity contribution in [1.82, 2.24) is 15.1 Å². The van der Waals surface area contributed by atoms with Crippen molar-refractivity contribution in [2.75, 3.05) is 13.7 Å². The van der Waals surface area contributed by atoms with Crippen molar-refractivity contribution in [3.05, 3.63) is 58.0 Å². The highest BCUT2D eigenvalue weighted by Gasteiger charge is 2.25. The Bertz CT molecular complexity index is 748. The van der Waals surface area contributed by atoms with Crippen molar-refractivity contribution in [3.63, 3.8) is 0 Å². The van der Waals surface area contributed by atoms with Crippen molar-refractivity contribution >= 4 is 5.91 Å². The lowest BCUT2D eigenvalue weighted by molar-refractivity contribution is 0.0951. The summed E-state index contributed by atoms with van der Waals surface area (Å²) >= 11 is 0. The van der Waals surface area contributed by atoms with Gasteiger partial charge in [-0.2, -0.15) is 5.10 Å². The number of benzene rings is 1. The first-order valence-corrected chi connectivity index (χ1v) is 7.67. The lowest BCUT2D eigenvalue weighted by Crippen LogP contribution is -2.32. The molecule has 0 aliphatic heterocycles. The van der Waals surface area contributed by atoms with Crippen molar-refractivity contribution < 1.29 is 9.53 Å². The predicted octanol–water partition coefficient (Wildman–Crippen LogP) is 1.56. The number of ether oxygens (including phenoxy) is 1. The number of nitrogens with one attached hydrogen (secondary N) is 1. The molecule has 1 aromatic carbocycles. The van der Waals surface area contributed by atoms with Gasteiger partial charge in [0.15, 0.2) is 0 Å². The topological polar surface area (TPSA) is 73.2 Å². The number of hydrogen-bond acceptors (Lipinski definition) is 4. The van der Waals surface area contributed by atoms with Crippen LogP contribution >= 0.6 is 0 Å². The number of aromatic nitrogens is 2. The quantitative estimate of drug-likeness (QED) is 0.878. The first-order chi connectivity index (χ1) is 11.2. The Morgan fingerprint density at radius 2 is 2.00 bits per heavy atom. The Balaban J connectivity index is 1.57. The molecular formula is C17H19N3O3. The maximum atomic E-state index is 12.0. The van der Waals surface area contributed by atoms with Gasteiger partial charge in [0.2, 0.25) is 0 Å². The van der Waals surface area contributed by atoms with E-state index < -0.39 is 0 Å². The van der Waals surface area contributed by atoms with Crippen LogP contribution in [0.1, 0.15) is 34.8 Å². The summed E-state index contributed by atoms with van der Waals surface area (Å²) in [7, 11) is 1.58. The smallest absolute Gasteiger partial charge is 0.266 e. The first kappa shape index (κ1) is 15.3. The van der Waals surface area contributed by atoms with Gasteiger partial charge in [0.1, 0.15) is 5.75 Å². The van der Waals surface area contributed by atoms with E-state index in [0.29, 0.717) is 30.3 Å². The SMILES string of the molecule is COc1ccc(C(=O)NCCn2nc(C3CC3)ccc2=O)cc1. The van der Waals surface area contributed by atoms with E-state index in [1.807, 2.05) is 0 Å². The molecule has 1 fully saturated rings. The Kier molecular flexibility index (Phi) is 4.41. The second-order valence-corrected chi connectivity index (χ2v) is 5.58. The molecule has 0 bridgehead atoms. The van der Waals surface area contributed by atoms with E-state index in [1.54, 1.807) is 43.5 Å². The van der Waals surface area contributed by atoms with Gasteiger partial charge in [-0.15, -0.1) is 0 Å². The summed E-state index contributed by atoms with van der Waals surface area (Å²) in [5, 5.41) is 7.16. The van der Waals surface area contributed by atoms with Gasteiger partial charge in [-0.25, -0.2) is 4.68 Å². The summed E-state index contributed by atoms with van der Waals surface area (Å²) in [5.41, 5.74) is 1.37. The molecular weight excluding hydrogens is 294 g/mol. The minimum Gasteiger partial charge on any atom is -0.497 e. The number of amides is 1. The maximum Gasteiger partial charge on any atom is 0.266 e. The van der Waals surface area contributed by atoms with E-state index >= 15 is 0 Å². The third-order valence-corrected chi connectivity index (χ3v) is 3.84. The van der Waals surface area contributed by atoms with Crippen LogP contribution in [-0.2, 0) is 6.54 Å². The van der Waals surface area contributed by atoms with Crippen LogP contribution in [0.5, 0.6) is 5.75 Å². The van der Waals surface area contributed by atoms with Gasteiger partial charge in [-0.1, -0.05) is 0 Å². The van der Waals surface area contributed by atoms with Crippen molar-refractivity contribution in [2.24, 2.45) is 0 Å². The fourth-order valence-electron chi connectivity index (χ4n) is 2.34. The average Bonchev–Trinajstić information content (AvgIpc) is 3.41. The van der Waals surface area contributed by atoms with Gasteiger partial charge in [-0.05, 0) is 43.2 Å². The first-order valence-electron chi connectivity index (χ1n) is 7.67. The Labute approximate surface area is 134 Å². The standard InChI is InChI=1S/C17H19N3O3/c1-23-14-6-4-13(5-7-14)17(22)18-10-11-20-16(21)9-8-15(19-20)12-2-3-12/h4-9,12H,2-3,10-11H2,1H3,(H,18,22). The highest BCUT2D eigenvalue weighted by molar-refractivity contribution is 5.94. The molecule has 1 N–H and O–H groups in total. The van der Waals surface area contributed by atoms with Gasteiger partial charge in [-0.3, -0.25) is 9.59 Å². The molecule has 1 amide bonds. The zero-order valence-corrected chi connectivity index (χ0v) is 13.0. The molecule has 23 heavy (non-hydrogen) atoms. The molecule has 0 saturated heterocycles. The van der Waals surface area contributed by atoms with Crippen LogP contribution in [0.4, 0.5) is 0 Å². The van der Waals surface area contributed by atoms with Crippen LogP contribution in [0.25, 0.3) is 0 Å². The zero-order valence-electron chi connectivity index (χ0n) is 13.0. The molecule has 1 aliphatic carbocycles. The average molecular weight is 313 g/mol. The molecule has 0 atom stereocenters. The molecule has 1 aliphatic rings. The molecule has 6 heteroatoms. The molecule has 0 spiro atoms. The molecule has 1 saturated carbocycles. The lowest BCUT2D eigenvalue weighted by atomic mass is 10.2. The van der Waals surface area contributed by atoms with Crippen LogP contribution in [0.3, 0.4) is 0 Å². The third kappa shape index (κ3) is 3.77. The van der Waals surface area contributed by atoms with E-state index in [4.69, 9.17) is 4.74 Å². The number of carbonyl (C=O) groups is 1. The number of rotatable bonds is 6. The van der Waals surface area contributed by atoms with Crippen LogP contribution in [0, 0.1) is 0 Å². The third-order valence-electron chi connectivity index (χ3n) is 3.84. The molecule has 1 aromatic heterocycles. The molecule has 6 nitrogen and oxygen atoms in total. The zero-order chi connectivity index (χ0) is 16.2. The van der Waals surface area contributed by atoms with Gasteiger partial charge < -0.3 is 10.1 Å². The highest BCUT2D eigenvalue weighted by Crippen LogP contribution is 2.38. The van der Waals surface area contributed by atoms with Crippen molar-refractivity contribution in [1.29, 1.82) is 0 Å². The summed E-state index contributed by atoms with van der Waals surface area (Å²) in [5.74, 6) is 1.02. The van der Waals surface area contributed by atoms with Gasteiger partial charge in [0.25, 0.3) is 11.5 Å². The molecule has 2 aromatic rings. The second kappa shape index (κ2) is 6.64. The van der Waals surface area contributed by atoms with E-state index in [2.05, 4.69) is 10.4 Å². The van der Waals surface area contributed by atoms with E-state index in [1.165, 1.54) is 4.68 Å². The molecule has 0 unspecified atom stereocenters. The Morgan fingerprint density at radius 1 is 1.26 bits per heavy atom.